The highest BCUT2D eigenvalue weighted by molar-refractivity contribution is 7.92. The third-order valence-electron chi connectivity index (χ3n) is 5.51. The Bertz CT molecular complexity index is 1610. The van der Waals surface area contributed by atoms with E-state index in [1.165, 1.54) is 18.4 Å². The minimum atomic E-state index is -3.71. The summed E-state index contributed by atoms with van der Waals surface area (Å²) in [6, 6.07) is 21.3. The monoisotopic (exact) mass is 552 g/mol. The first-order chi connectivity index (χ1) is 18.0. The highest BCUT2D eigenvalue weighted by atomic mass is 32.2. The highest BCUT2D eigenvalue weighted by Gasteiger charge is 2.15. The van der Waals surface area contributed by atoms with Gasteiger partial charge in [0.25, 0.3) is 10.0 Å². The molecule has 0 aliphatic carbocycles. The Balaban J connectivity index is 1.58. The fraction of sp³-hybridized carbons (Fsp3) is 0.154. The van der Waals surface area contributed by atoms with Crippen LogP contribution in [0.5, 0.6) is 0 Å². The zero-order valence-electron chi connectivity index (χ0n) is 20.8. The van der Waals surface area contributed by atoms with Gasteiger partial charge in [0.1, 0.15) is 5.82 Å². The molecule has 12 heteroatoms. The highest BCUT2D eigenvalue weighted by Crippen LogP contribution is 2.30. The van der Waals surface area contributed by atoms with E-state index < -0.39 is 19.8 Å². The Kier molecular flexibility index (Phi) is 7.95. The van der Waals surface area contributed by atoms with Crippen LogP contribution in [0, 0.1) is 4.78 Å². The smallest absolute Gasteiger partial charge is 0.261 e. The van der Waals surface area contributed by atoms with E-state index in [1.807, 2.05) is 6.92 Å². The number of nitrogens with zero attached hydrogens (tertiary/aromatic N) is 2. The number of hydrogen-bond donors (Lipinski definition) is 5. The van der Waals surface area contributed by atoms with Crippen molar-refractivity contribution in [3.8, 4) is 11.1 Å². The topological polar surface area (TPSA) is 157 Å². The Morgan fingerprint density at radius 2 is 1.53 bits per heavy atom. The van der Waals surface area contributed by atoms with Crippen LogP contribution in [0.2, 0.25) is 0 Å². The third kappa shape index (κ3) is 6.65. The first kappa shape index (κ1) is 27.0. The van der Waals surface area contributed by atoms with Gasteiger partial charge in [-0.05, 0) is 61.0 Å². The number of aliphatic hydroxyl groups excluding tert-OH is 1. The summed E-state index contributed by atoms with van der Waals surface area (Å²) in [5.74, 6) is 0.769. The Hall–Kier alpha value is -4.00. The molecule has 0 saturated carbocycles. The van der Waals surface area contributed by atoms with E-state index in [2.05, 4.69) is 25.3 Å². The SMILES string of the molecule is C[C@H](CO)Nc1nc(Nc2ccc(S(C)(=N)=O)cc2)ncc1-c1ccc(NS(=O)(=O)c2ccccc2)cc1. The van der Waals surface area contributed by atoms with Gasteiger partial charge in [-0.3, -0.25) is 4.72 Å². The first-order valence-corrected chi connectivity index (χ1v) is 15.0. The molecule has 5 N–H and O–H groups in total. The summed E-state index contributed by atoms with van der Waals surface area (Å²) in [7, 11) is -6.52. The molecule has 0 amide bonds. The molecule has 0 aliphatic rings. The lowest BCUT2D eigenvalue weighted by Crippen LogP contribution is -2.21. The van der Waals surface area contributed by atoms with Gasteiger partial charge in [-0.15, -0.1) is 0 Å². The molecule has 4 rings (SSSR count). The molecular formula is C26H28N6O4S2. The van der Waals surface area contributed by atoms with Gasteiger partial charge in [-0.1, -0.05) is 30.3 Å². The standard InChI is InChI=1S/C26H28N6O4S2/c1-18(17-33)29-25-24(16-28-26(31-25)30-20-12-14-22(15-13-20)37(2,27)34)19-8-10-21(11-9-19)32-38(35,36)23-6-4-3-5-7-23/h3-16,18,27,32-33H,17H2,1-2H3,(H2,28,29,30,31)/t18-,37?/m1/s1. The predicted molar refractivity (Wildman–Crippen MR) is 150 cm³/mol. The summed E-state index contributed by atoms with van der Waals surface area (Å²) in [4.78, 5) is 9.58. The van der Waals surface area contributed by atoms with Gasteiger partial charge in [0, 0.05) is 40.3 Å². The molecule has 0 fully saturated rings. The van der Waals surface area contributed by atoms with E-state index in [-0.39, 0.29) is 17.5 Å². The van der Waals surface area contributed by atoms with Gasteiger partial charge in [0.15, 0.2) is 0 Å². The summed E-state index contributed by atoms with van der Waals surface area (Å²) in [6.45, 7) is 1.69. The second-order valence-corrected chi connectivity index (χ2v) is 12.5. The Morgan fingerprint density at radius 1 is 0.895 bits per heavy atom. The van der Waals surface area contributed by atoms with E-state index in [0.29, 0.717) is 33.6 Å². The summed E-state index contributed by atoms with van der Waals surface area (Å²) in [5, 5.41) is 15.8. The molecule has 0 radical (unpaired) electrons. The van der Waals surface area contributed by atoms with Gasteiger partial charge < -0.3 is 15.7 Å². The molecule has 3 aromatic carbocycles. The second-order valence-electron chi connectivity index (χ2n) is 8.67. The van der Waals surface area contributed by atoms with Crippen molar-refractivity contribution in [2.24, 2.45) is 0 Å². The molecule has 1 unspecified atom stereocenters. The molecule has 10 nitrogen and oxygen atoms in total. The van der Waals surface area contributed by atoms with Gasteiger partial charge in [-0.2, -0.15) is 4.98 Å². The second kappa shape index (κ2) is 11.2. The minimum Gasteiger partial charge on any atom is -0.394 e. The maximum absolute atomic E-state index is 12.6. The maximum atomic E-state index is 12.6. The third-order valence-corrected chi connectivity index (χ3v) is 8.08. The van der Waals surface area contributed by atoms with Crippen LogP contribution in [0.4, 0.5) is 23.1 Å². The van der Waals surface area contributed by atoms with Crippen LogP contribution in [0.3, 0.4) is 0 Å². The van der Waals surface area contributed by atoms with E-state index in [0.717, 1.165) is 5.56 Å². The van der Waals surface area contributed by atoms with Gasteiger partial charge in [0.05, 0.1) is 21.2 Å². The summed E-state index contributed by atoms with van der Waals surface area (Å²) < 4.78 is 47.4. The van der Waals surface area contributed by atoms with Crippen molar-refractivity contribution in [3.63, 3.8) is 0 Å². The largest absolute Gasteiger partial charge is 0.394 e. The quantitative estimate of drug-likeness (QED) is 0.192. The van der Waals surface area contributed by atoms with Crippen LogP contribution in [-0.2, 0) is 19.8 Å². The summed E-state index contributed by atoms with van der Waals surface area (Å²) >= 11 is 0. The molecule has 4 aromatic rings. The predicted octanol–water partition coefficient (Wildman–Crippen LogP) is 4.52. The molecule has 0 aliphatic heterocycles. The van der Waals surface area contributed by atoms with Crippen LogP contribution in [-0.4, -0.2) is 46.6 Å². The maximum Gasteiger partial charge on any atom is 0.261 e. The molecule has 1 aromatic heterocycles. The average molecular weight is 553 g/mol. The van der Waals surface area contributed by atoms with Crippen LogP contribution in [0.1, 0.15) is 6.92 Å². The molecule has 0 spiro atoms. The number of aromatic nitrogens is 2. The number of hydrogen-bond acceptors (Lipinski definition) is 9. The fourth-order valence-corrected chi connectivity index (χ4v) is 5.24. The number of benzene rings is 3. The van der Waals surface area contributed by atoms with Crippen molar-refractivity contribution in [1.29, 1.82) is 4.78 Å². The van der Waals surface area contributed by atoms with Crippen LogP contribution in [0.15, 0.2) is 94.9 Å². The first-order valence-electron chi connectivity index (χ1n) is 11.6. The lowest BCUT2D eigenvalue weighted by molar-refractivity contribution is 0.281. The minimum absolute atomic E-state index is 0.114. The zero-order valence-corrected chi connectivity index (χ0v) is 22.4. The lowest BCUT2D eigenvalue weighted by Gasteiger charge is -2.17. The molecule has 0 bridgehead atoms. The molecule has 1 heterocycles. The molecular weight excluding hydrogens is 524 g/mol. The van der Waals surface area contributed by atoms with Gasteiger partial charge >= 0.3 is 0 Å². The van der Waals surface area contributed by atoms with Crippen molar-refractivity contribution >= 4 is 42.9 Å². The Labute approximate surface area is 222 Å². The lowest BCUT2D eigenvalue weighted by atomic mass is 10.1. The van der Waals surface area contributed by atoms with Crippen LogP contribution < -0.4 is 15.4 Å². The van der Waals surface area contributed by atoms with Crippen molar-refractivity contribution < 1.29 is 17.7 Å². The van der Waals surface area contributed by atoms with Crippen LogP contribution >= 0.6 is 0 Å². The van der Waals surface area contributed by atoms with Crippen LogP contribution in [0.25, 0.3) is 11.1 Å². The number of anilines is 4. The fourth-order valence-electron chi connectivity index (χ4n) is 3.50. The average Bonchev–Trinajstić information content (AvgIpc) is 2.89. The number of aliphatic hydroxyl groups is 1. The molecule has 2 atom stereocenters. The number of nitrogens with one attached hydrogen (secondary N) is 4. The van der Waals surface area contributed by atoms with E-state index >= 15 is 0 Å². The number of rotatable bonds is 10. The van der Waals surface area contributed by atoms with E-state index in [1.54, 1.807) is 72.9 Å². The van der Waals surface area contributed by atoms with Gasteiger partial charge in [-0.25, -0.2) is 22.4 Å². The van der Waals surface area contributed by atoms with Crippen molar-refractivity contribution in [1.82, 2.24) is 9.97 Å². The number of sulfonamides is 1. The summed E-state index contributed by atoms with van der Waals surface area (Å²) in [6.07, 6.45) is 2.99. The van der Waals surface area contributed by atoms with E-state index in [9.17, 15) is 17.7 Å². The zero-order chi connectivity index (χ0) is 27.3. The molecule has 38 heavy (non-hydrogen) atoms. The van der Waals surface area contributed by atoms with Crippen molar-refractivity contribution in [2.75, 3.05) is 28.2 Å². The molecule has 0 saturated heterocycles. The molecule has 198 valence electrons. The summed E-state index contributed by atoms with van der Waals surface area (Å²) in [5.41, 5.74) is 2.46. The van der Waals surface area contributed by atoms with Gasteiger partial charge in [0.2, 0.25) is 5.95 Å². The normalized spacial score (nSPS) is 13.8. The van der Waals surface area contributed by atoms with Crippen molar-refractivity contribution in [3.05, 3.63) is 85.1 Å². The van der Waals surface area contributed by atoms with E-state index in [4.69, 9.17) is 4.78 Å². The van der Waals surface area contributed by atoms with Crippen molar-refractivity contribution in [2.45, 2.75) is 22.8 Å². The Morgan fingerprint density at radius 3 is 2.13 bits per heavy atom.